The fourth-order valence-electron chi connectivity index (χ4n) is 1.87. The average Bonchev–Trinajstić information content (AvgIpc) is 2.92. The monoisotopic (exact) mass is 317 g/mol. The van der Waals surface area contributed by atoms with Gasteiger partial charge in [-0.2, -0.15) is 0 Å². The van der Waals surface area contributed by atoms with E-state index in [9.17, 15) is 4.39 Å². The number of rotatable bonds is 2. The molecule has 0 aliphatic rings. The van der Waals surface area contributed by atoms with E-state index in [-0.39, 0.29) is 5.82 Å². The van der Waals surface area contributed by atoms with Gasteiger partial charge in [0.25, 0.3) is 0 Å². The Labute approximate surface area is 117 Å². The molecule has 0 bridgehead atoms. The molecule has 19 heavy (non-hydrogen) atoms. The molecule has 0 aliphatic heterocycles. The lowest BCUT2D eigenvalue weighted by Crippen LogP contribution is -1.97. The van der Waals surface area contributed by atoms with Crippen molar-refractivity contribution in [3.8, 4) is 17.1 Å². The van der Waals surface area contributed by atoms with Crippen LogP contribution in [0.3, 0.4) is 0 Å². The summed E-state index contributed by atoms with van der Waals surface area (Å²) in [6.45, 7) is 0. The summed E-state index contributed by atoms with van der Waals surface area (Å²) >= 11 is 3.25. The predicted molar refractivity (Wildman–Crippen MR) is 74.5 cm³/mol. The summed E-state index contributed by atoms with van der Waals surface area (Å²) < 4.78 is 15.8. The van der Waals surface area contributed by atoms with Crippen molar-refractivity contribution >= 4 is 15.9 Å². The van der Waals surface area contributed by atoms with E-state index in [1.54, 1.807) is 18.5 Å². The zero-order valence-electron chi connectivity index (χ0n) is 9.79. The van der Waals surface area contributed by atoms with Gasteiger partial charge in [0.1, 0.15) is 12.1 Å². The van der Waals surface area contributed by atoms with Gasteiger partial charge >= 0.3 is 0 Å². The number of para-hydroxylation sites is 1. The lowest BCUT2D eigenvalue weighted by Gasteiger charge is -2.08. The Bertz CT molecular complexity index is 710. The first-order valence-corrected chi connectivity index (χ1v) is 6.46. The molecular weight excluding hydrogens is 309 g/mol. The second kappa shape index (κ2) is 4.93. The minimum atomic E-state index is -0.319. The highest BCUT2D eigenvalue weighted by Crippen LogP contribution is 2.30. The topological polar surface area (TPSA) is 30.7 Å². The molecule has 0 radical (unpaired) electrons. The zero-order valence-corrected chi connectivity index (χ0v) is 11.4. The van der Waals surface area contributed by atoms with Crippen LogP contribution >= 0.6 is 15.9 Å². The average molecular weight is 318 g/mol. The molecule has 3 nitrogen and oxygen atoms in total. The van der Waals surface area contributed by atoms with Gasteiger partial charge < -0.3 is 0 Å². The second-order valence-corrected chi connectivity index (χ2v) is 4.75. The van der Waals surface area contributed by atoms with Crippen LogP contribution in [0, 0.1) is 5.82 Å². The van der Waals surface area contributed by atoms with Crippen LogP contribution in [0.15, 0.2) is 59.3 Å². The zero-order chi connectivity index (χ0) is 13.2. The minimum Gasteiger partial charge on any atom is -0.282 e. The molecule has 0 spiro atoms. The van der Waals surface area contributed by atoms with Crippen molar-refractivity contribution in [2.75, 3.05) is 0 Å². The third-order valence-corrected chi connectivity index (χ3v) is 3.58. The molecule has 1 aromatic heterocycles. The van der Waals surface area contributed by atoms with Crippen LogP contribution in [0.1, 0.15) is 0 Å². The standard InChI is InChI=1S/C14H9BrFN3/c15-13-11(7-4-8-12(13)16)14-18-17-9-19(14)10-5-2-1-3-6-10/h1-9H. The summed E-state index contributed by atoms with van der Waals surface area (Å²) in [6, 6.07) is 14.5. The first kappa shape index (κ1) is 12.0. The van der Waals surface area contributed by atoms with E-state index in [2.05, 4.69) is 26.1 Å². The molecule has 0 saturated carbocycles. The molecule has 2 aromatic carbocycles. The van der Waals surface area contributed by atoms with E-state index in [1.165, 1.54) is 6.07 Å². The largest absolute Gasteiger partial charge is 0.282 e. The molecule has 0 N–H and O–H groups in total. The molecule has 5 heteroatoms. The molecular formula is C14H9BrFN3. The molecule has 0 amide bonds. The van der Waals surface area contributed by atoms with Gasteiger partial charge in [0.2, 0.25) is 0 Å². The highest BCUT2D eigenvalue weighted by Gasteiger charge is 2.14. The number of hydrogen-bond acceptors (Lipinski definition) is 2. The Morgan fingerprint density at radius 2 is 1.79 bits per heavy atom. The summed E-state index contributed by atoms with van der Waals surface area (Å²) in [4.78, 5) is 0. The first-order valence-electron chi connectivity index (χ1n) is 5.67. The van der Waals surface area contributed by atoms with E-state index in [0.717, 1.165) is 5.69 Å². The van der Waals surface area contributed by atoms with Gasteiger partial charge in [0.15, 0.2) is 5.82 Å². The Morgan fingerprint density at radius 1 is 1.00 bits per heavy atom. The van der Waals surface area contributed by atoms with E-state index in [0.29, 0.717) is 15.9 Å². The maximum atomic E-state index is 13.6. The van der Waals surface area contributed by atoms with Crippen molar-refractivity contribution < 1.29 is 4.39 Å². The van der Waals surface area contributed by atoms with Crippen LogP contribution in [-0.4, -0.2) is 14.8 Å². The van der Waals surface area contributed by atoms with Crippen molar-refractivity contribution in [1.82, 2.24) is 14.8 Å². The quantitative estimate of drug-likeness (QED) is 0.719. The van der Waals surface area contributed by atoms with Crippen molar-refractivity contribution in [2.24, 2.45) is 0 Å². The summed E-state index contributed by atoms with van der Waals surface area (Å²) in [5.74, 6) is 0.276. The summed E-state index contributed by atoms with van der Waals surface area (Å²) in [5, 5.41) is 8.00. The smallest absolute Gasteiger partial charge is 0.169 e. The van der Waals surface area contributed by atoms with Crippen LogP contribution in [0.4, 0.5) is 4.39 Å². The molecule has 3 rings (SSSR count). The molecule has 0 fully saturated rings. The highest BCUT2D eigenvalue weighted by molar-refractivity contribution is 9.10. The van der Waals surface area contributed by atoms with Crippen molar-refractivity contribution in [1.29, 1.82) is 0 Å². The molecule has 0 unspecified atom stereocenters. The van der Waals surface area contributed by atoms with E-state index >= 15 is 0 Å². The third kappa shape index (κ3) is 2.17. The molecule has 1 heterocycles. The third-order valence-electron chi connectivity index (χ3n) is 2.77. The molecule has 0 atom stereocenters. The maximum absolute atomic E-state index is 13.6. The van der Waals surface area contributed by atoms with E-state index in [1.807, 2.05) is 34.9 Å². The summed E-state index contributed by atoms with van der Waals surface area (Å²) in [6.07, 6.45) is 1.61. The van der Waals surface area contributed by atoms with Gasteiger partial charge in [0.05, 0.1) is 4.47 Å². The summed E-state index contributed by atoms with van der Waals surface area (Å²) in [7, 11) is 0. The Balaban J connectivity index is 2.18. The Morgan fingerprint density at radius 3 is 2.58 bits per heavy atom. The number of hydrogen-bond donors (Lipinski definition) is 0. The fourth-order valence-corrected chi connectivity index (χ4v) is 2.31. The number of halogens is 2. The van der Waals surface area contributed by atoms with Crippen molar-refractivity contribution in [3.05, 3.63) is 65.1 Å². The Kier molecular flexibility index (Phi) is 3.13. The maximum Gasteiger partial charge on any atom is 0.169 e. The fraction of sp³-hybridized carbons (Fsp3) is 0. The summed E-state index contributed by atoms with van der Waals surface area (Å²) in [5.41, 5.74) is 1.60. The van der Waals surface area contributed by atoms with Crippen LogP contribution in [0.5, 0.6) is 0 Å². The number of aromatic nitrogens is 3. The second-order valence-electron chi connectivity index (χ2n) is 3.96. The van der Waals surface area contributed by atoms with Gasteiger partial charge in [0, 0.05) is 11.3 Å². The normalized spacial score (nSPS) is 10.6. The predicted octanol–water partition coefficient (Wildman–Crippen LogP) is 3.84. The first-order chi connectivity index (χ1) is 9.27. The van der Waals surface area contributed by atoms with Gasteiger partial charge in [-0.1, -0.05) is 24.3 Å². The van der Waals surface area contributed by atoms with Crippen LogP contribution in [0.25, 0.3) is 17.1 Å². The highest BCUT2D eigenvalue weighted by atomic mass is 79.9. The molecule has 0 saturated heterocycles. The molecule has 94 valence electrons. The van der Waals surface area contributed by atoms with Crippen LogP contribution in [0.2, 0.25) is 0 Å². The van der Waals surface area contributed by atoms with Crippen molar-refractivity contribution in [3.63, 3.8) is 0 Å². The molecule has 3 aromatic rings. The van der Waals surface area contributed by atoms with Gasteiger partial charge in [-0.25, -0.2) is 4.39 Å². The Hall–Kier alpha value is -2.01. The van der Waals surface area contributed by atoms with Gasteiger partial charge in [-0.3, -0.25) is 4.57 Å². The van der Waals surface area contributed by atoms with E-state index in [4.69, 9.17) is 0 Å². The van der Waals surface area contributed by atoms with Gasteiger partial charge in [-0.15, -0.1) is 10.2 Å². The lowest BCUT2D eigenvalue weighted by molar-refractivity contribution is 0.621. The minimum absolute atomic E-state index is 0.319. The van der Waals surface area contributed by atoms with Crippen LogP contribution in [-0.2, 0) is 0 Å². The van der Waals surface area contributed by atoms with Crippen molar-refractivity contribution in [2.45, 2.75) is 0 Å². The lowest BCUT2D eigenvalue weighted by atomic mass is 10.2. The van der Waals surface area contributed by atoms with E-state index < -0.39 is 0 Å². The van der Waals surface area contributed by atoms with Crippen LogP contribution < -0.4 is 0 Å². The SMILES string of the molecule is Fc1cccc(-c2nncn2-c2ccccc2)c1Br. The molecule has 0 aliphatic carbocycles. The number of benzene rings is 2. The van der Waals surface area contributed by atoms with Gasteiger partial charge in [-0.05, 0) is 40.2 Å². The number of nitrogens with zero attached hydrogens (tertiary/aromatic N) is 3.